The van der Waals surface area contributed by atoms with Gasteiger partial charge in [0.2, 0.25) is 5.89 Å². The van der Waals surface area contributed by atoms with E-state index in [0.29, 0.717) is 34.6 Å². The molecule has 0 aliphatic rings. The number of nitrogens with one attached hydrogen (secondary N) is 1. The van der Waals surface area contributed by atoms with Gasteiger partial charge in [-0.15, -0.1) is 0 Å². The smallest absolute Gasteiger partial charge is 0.259 e. The first kappa shape index (κ1) is 21.4. The topological polar surface area (TPSA) is 73.6 Å². The molecule has 0 bridgehead atoms. The zero-order chi connectivity index (χ0) is 22.7. The van der Waals surface area contributed by atoms with Gasteiger partial charge in [0.25, 0.3) is 5.91 Å². The van der Waals surface area contributed by atoms with Crippen molar-refractivity contribution < 1.29 is 18.7 Å². The van der Waals surface area contributed by atoms with E-state index in [4.69, 9.17) is 13.9 Å². The maximum Gasteiger partial charge on any atom is 0.259 e. The molecule has 6 nitrogen and oxygen atoms in total. The van der Waals surface area contributed by atoms with Crippen LogP contribution in [0, 0.1) is 0 Å². The van der Waals surface area contributed by atoms with Gasteiger partial charge in [-0.1, -0.05) is 19.9 Å². The Morgan fingerprint density at radius 3 is 2.50 bits per heavy atom. The van der Waals surface area contributed by atoms with Crippen molar-refractivity contribution in [3.05, 3.63) is 71.8 Å². The molecule has 0 saturated heterocycles. The summed E-state index contributed by atoms with van der Waals surface area (Å²) in [6, 6.07) is 18.6. The predicted octanol–water partition coefficient (Wildman–Crippen LogP) is 6.28. The number of amides is 1. The maximum absolute atomic E-state index is 12.7. The van der Waals surface area contributed by atoms with Crippen LogP contribution in [0.4, 0.5) is 5.69 Å². The molecule has 32 heavy (non-hydrogen) atoms. The zero-order valence-electron chi connectivity index (χ0n) is 18.6. The van der Waals surface area contributed by atoms with E-state index in [2.05, 4.69) is 36.3 Å². The summed E-state index contributed by atoms with van der Waals surface area (Å²) >= 11 is 0. The second-order valence-electron chi connectivity index (χ2n) is 7.65. The molecule has 3 aromatic carbocycles. The molecule has 1 heterocycles. The number of carbonyl (C=O) groups excluding carboxylic acids is 1. The lowest BCUT2D eigenvalue weighted by atomic mass is 9.98. The lowest BCUT2D eigenvalue weighted by Crippen LogP contribution is -2.13. The standard InChI is InChI=1S/C26H26N2O4/c1-5-16(2)18-8-13-23-22(14-18)28-26(32-23)17-6-9-19(10-7-17)27-25(29)21-12-11-20(30-3)15-24(21)31-4/h6-16H,5H2,1-4H3,(H,27,29)/t16-/m1/s1. The van der Waals surface area contributed by atoms with Gasteiger partial charge in [-0.2, -0.15) is 0 Å². The third-order valence-electron chi connectivity index (χ3n) is 5.64. The number of rotatable bonds is 7. The predicted molar refractivity (Wildman–Crippen MR) is 126 cm³/mol. The van der Waals surface area contributed by atoms with E-state index in [-0.39, 0.29) is 5.91 Å². The number of carbonyl (C=O) groups is 1. The first-order chi connectivity index (χ1) is 15.5. The van der Waals surface area contributed by atoms with Crippen LogP contribution >= 0.6 is 0 Å². The van der Waals surface area contributed by atoms with Gasteiger partial charge < -0.3 is 19.2 Å². The molecule has 0 aliphatic carbocycles. The summed E-state index contributed by atoms with van der Waals surface area (Å²) in [4.78, 5) is 17.4. The van der Waals surface area contributed by atoms with Crippen molar-refractivity contribution in [2.24, 2.45) is 0 Å². The molecular formula is C26H26N2O4. The van der Waals surface area contributed by atoms with Crippen LogP contribution in [0.3, 0.4) is 0 Å². The number of anilines is 1. The van der Waals surface area contributed by atoms with Gasteiger partial charge in [0.05, 0.1) is 19.8 Å². The Morgan fingerprint density at radius 2 is 1.81 bits per heavy atom. The SMILES string of the molecule is CC[C@@H](C)c1ccc2oc(-c3ccc(NC(=O)c4ccc(OC)cc4OC)cc3)nc2c1. The van der Waals surface area contributed by atoms with E-state index >= 15 is 0 Å². The largest absolute Gasteiger partial charge is 0.497 e. The minimum Gasteiger partial charge on any atom is -0.497 e. The van der Waals surface area contributed by atoms with Gasteiger partial charge in [0, 0.05) is 17.3 Å². The van der Waals surface area contributed by atoms with Crippen molar-refractivity contribution in [1.82, 2.24) is 4.98 Å². The number of benzene rings is 3. The number of hydrogen-bond acceptors (Lipinski definition) is 5. The van der Waals surface area contributed by atoms with Crippen molar-refractivity contribution >= 4 is 22.7 Å². The second-order valence-corrected chi connectivity index (χ2v) is 7.65. The summed E-state index contributed by atoms with van der Waals surface area (Å²) in [5, 5.41) is 2.89. The Bertz CT molecular complexity index is 1240. The zero-order valence-corrected chi connectivity index (χ0v) is 18.6. The Kier molecular flexibility index (Phi) is 6.12. The fraction of sp³-hybridized carbons (Fsp3) is 0.231. The van der Waals surface area contributed by atoms with E-state index in [0.717, 1.165) is 23.1 Å². The molecule has 0 unspecified atom stereocenters. The summed E-state index contributed by atoms with van der Waals surface area (Å²) in [5.74, 6) is 1.83. The van der Waals surface area contributed by atoms with Crippen molar-refractivity contribution in [3.63, 3.8) is 0 Å². The van der Waals surface area contributed by atoms with Crippen LogP contribution in [0.15, 0.2) is 65.1 Å². The summed E-state index contributed by atoms with van der Waals surface area (Å²) in [7, 11) is 3.09. The van der Waals surface area contributed by atoms with Crippen LogP contribution in [0.5, 0.6) is 11.5 Å². The third kappa shape index (κ3) is 4.30. The average molecular weight is 431 g/mol. The maximum atomic E-state index is 12.7. The van der Waals surface area contributed by atoms with Gasteiger partial charge in [-0.25, -0.2) is 4.98 Å². The minimum absolute atomic E-state index is 0.267. The van der Waals surface area contributed by atoms with Gasteiger partial charge in [-0.3, -0.25) is 4.79 Å². The number of fused-ring (bicyclic) bond motifs is 1. The number of methoxy groups -OCH3 is 2. The number of ether oxygens (including phenoxy) is 2. The molecular weight excluding hydrogens is 404 g/mol. The number of nitrogens with zero attached hydrogens (tertiary/aromatic N) is 1. The first-order valence-corrected chi connectivity index (χ1v) is 10.6. The highest BCUT2D eigenvalue weighted by Crippen LogP contribution is 2.29. The molecule has 1 N–H and O–H groups in total. The van der Waals surface area contributed by atoms with Gasteiger partial charge in [-0.05, 0) is 66.4 Å². The van der Waals surface area contributed by atoms with Crippen LogP contribution < -0.4 is 14.8 Å². The van der Waals surface area contributed by atoms with Crippen molar-refractivity contribution in [1.29, 1.82) is 0 Å². The van der Waals surface area contributed by atoms with Crippen molar-refractivity contribution in [2.45, 2.75) is 26.2 Å². The average Bonchev–Trinajstić information content (AvgIpc) is 3.26. The first-order valence-electron chi connectivity index (χ1n) is 10.6. The van der Waals surface area contributed by atoms with Gasteiger partial charge in [0.1, 0.15) is 17.0 Å². The lowest BCUT2D eigenvalue weighted by molar-refractivity contribution is 0.102. The summed E-state index contributed by atoms with van der Waals surface area (Å²) < 4.78 is 16.4. The second kappa shape index (κ2) is 9.14. The highest BCUT2D eigenvalue weighted by atomic mass is 16.5. The normalized spacial score (nSPS) is 11.9. The van der Waals surface area contributed by atoms with E-state index in [1.54, 1.807) is 25.3 Å². The van der Waals surface area contributed by atoms with Crippen LogP contribution in [0.2, 0.25) is 0 Å². The molecule has 0 aliphatic heterocycles. The van der Waals surface area contributed by atoms with Crippen LogP contribution in [-0.2, 0) is 0 Å². The van der Waals surface area contributed by atoms with Gasteiger partial charge >= 0.3 is 0 Å². The lowest BCUT2D eigenvalue weighted by Gasteiger charge is -2.11. The monoisotopic (exact) mass is 430 g/mol. The molecule has 6 heteroatoms. The van der Waals surface area contributed by atoms with Gasteiger partial charge in [0.15, 0.2) is 5.58 Å². The van der Waals surface area contributed by atoms with E-state index in [1.807, 2.05) is 30.3 Å². The highest BCUT2D eigenvalue weighted by molar-refractivity contribution is 6.06. The Balaban J connectivity index is 1.53. The van der Waals surface area contributed by atoms with Crippen molar-refractivity contribution in [2.75, 3.05) is 19.5 Å². The van der Waals surface area contributed by atoms with E-state index in [9.17, 15) is 4.79 Å². The molecule has 0 saturated carbocycles. The Labute approximate surface area is 187 Å². The molecule has 1 atom stereocenters. The van der Waals surface area contributed by atoms with E-state index < -0.39 is 0 Å². The number of oxazole rings is 1. The molecule has 1 aromatic heterocycles. The third-order valence-corrected chi connectivity index (χ3v) is 5.64. The molecule has 164 valence electrons. The summed E-state index contributed by atoms with van der Waals surface area (Å²) in [6.45, 7) is 4.38. The molecule has 4 rings (SSSR count). The Hall–Kier alpha value is -3.80. The number of hydrogen-bond donors (Lipinski definition) is 1. The molecule has 4 aromatic rings. The van der Waals surface area contributed by atoms with Crippen LogP contribution in [-0.4, -0.2) is 25.1 Å². The molecule has 1 amide bonds. The fourth-order valence-electron chi connectivity index (χ4n) is 3.49. The molecule has 0 fully saturated rings. The fourth-order valence-corrected chi connectivity index (χ4v) is 3.49. The molecule has 0 radical (unpaired) electrons. The molecule has 0 spiro atoms. The Morgan fingerprint density at radius 1 is 1.03 bits per heavy atom. The highest BCUT2D eigenvalue weighted by Gasteiger charge is 2.15. The van der Waals surface area contributed by atoms with Crippen molar-refractivity contribution in [3.8, 4) is 23.0 Å². The quantitative estimate of drug-likeness (QED) is 0.374. The van der Waals surface area contributed by atoms with Crippen LogP contribution in [0.25, 0.3) is 22.6 Å². The van der Waals surface area contributed by atoms with E-state index in [1.165, 1.54) is 12.7 Å². The summed E-state index contributed by atoms with van der Waals surface area (Å²) in [5.41, 5.74) is 4.79. The summed E-state index contributed by atoms with van der Waals surface area (Å²) in [6.07, 6.45) is 1.08. The minimum atomic E-state index is -0.267. The van der Waals surface area contributed by atoms with Crippen LogP contribution in [0.1, 0.15) is 42.1 Å². The number of aromatic nitrogens is 1.